The molecule has 0 amide bonds. The first kappa shape index (κ1) is 11.6. The zero-order valence-corrected chi connectivity index (χ0v) is 9.81. The van der Waals surface area contributed by atoms with Gasteiger partial charge in [0.25, 0.3) is 0 Å². The van der Waals surface area contributed by atoms with Gasteiger partial charge < -0.3 is 14.7 Å². The average Bonchev–Trinajstić information content (AvgIpc) is 2.28. The lowest BCUT2D eigenvalue weighted by Crippen LogP contribution is -2.22. The van der Waals surface area contributed by atoms with E-state index in [1.165, 1.54) is 6.26 Å². The van der Waals surface area contributed by atoms with E-state index in [-0.39, 0.29) is 6.54 Å². The predicted molar refractivity (Wildman–Crippen MR) is 67.1 cm³/mol. The van der Waals surface area contributed by atoms with Gasteiger partial charge in [-0.2, -0.15) is 0 Å². The number of carboxylic acids is 1. The third-order valence-electron chi connectivity index (χ3n) is 2.31. The van der Waals surface area contributed by atoms with Crippen LogP contribution in [0.4, 0.5) is 0 Å². The molecule has 1 aliphatic carbocycles. The van der Waals surface area contributed by atoms with E-state index < -0.39 is 5.97 Å². The second-order valence-electron chi connectivity index (χ2n) is 3.66. The molecule has 5 heteroatoms. The Kier molecular flexibility index (Phi) is 3.39. The van der Waals surface area contributed by atoms with Crippen LogP contribution < -0.4 is 0 Å². The Morgan fingerprint density at radius 1 is 1.59 bits per heavy atom. The highest BCUT2D eigenvalue weighted by molar-refractivity contribution is 7.80. The molecule has 88 valence electrons. The standard InChI is InChI=1S/C12H11NO3S/c14-12(15)8-13-4-5-16-11(7-13)9-2-1-3-10(17)6-9/h1-5,7H,6,8H2,(H,14,15). The van der Waals surface area contributed by atoms with Gasteiger partial charge in [0.05, 0.1) is 0 Å². The number of hydrogen-bond donors (Lipinski definition) is 1. The molecule has 1 heterocycles. The summed E-state index contributed by atoms with van der Waals surface area (Å²) in [5, 5.41) is 8.71. The summed E-state index contributed by atoms with van der Waals surface area (Å²) in [6.45, 7) is -0.0864. The lowest BCUT2D eigenvalue weighted by Gasteiger charge is -2.21. The minimum absolute atomic E-state index is 0.0864. The van der Waals surface area contributed by atoms with Crippen LogP contribution in [0.15, 0.2) is 48.2 Å². The zero-order valence-electron chi connectivity index (χ0n) is 9.00. The van der Waals surface area contributed by atoms with E-state index >= 15 is 0 Å². The molecule has 0 bridgehead atoms. The fraction of sp³-hybridized carbons (Fsp3) is 0.167. The number of aliphatic carboxylic acids is 1. The third kappa shape index (κ3) is 3.04. The second-order valence-corrected chi connectivity index (χ2v) is 4.18. The molecule has 2 aliphatic rings. The van der Waals surface area contributed by atoms with Crippen molar-refractivity contribution >= 4 is 23.1 Å². The normalized spacial score (nSPS) is 18.6. The second kappa shape index (κ2) is 4.97. The molecular formula is C12H11NO3S. The highest BCUT2D eigenvalue weighted by atomic mass is 32.1. The van der Waals surface area contributed by atoms with Crippen molar-refractivity contribution in [3.63, 3.8) is 0 Å². The topological polar surface area (TPSA) is 49.8 Å². The molecule has 0 unspecified atom stereocenters. The highest BCUT2D eigenvalue weighted by Gasteiger charge is 2.15. The van der Waals surface area contributed by atoms with Crippen LogP contribution in [0.2, 0.25) is 0 Å². The smallest absolute Gasteiger partial charge is 0.323 e. The first-order valence-corrected chi connectivity index (χ1v) is 5.49. The Bertz CT molecular complexity index is 474. The summed E-state index contributed by atoms with van der Waals surface area (Å²) in [6.07, 6.45) is 11.0. The summed E-state index contributed by atoms with van der Waals surface area (Å²) in [6, 6.07) is 0. The monoisotopic (exact) mass is 249 g/mol. The van der Waals surface area contributed by atoms with Gasteiger partial charge in [-0.3, -0.25) is 4.79 Å². The van der Waals surface area contributed by atoms with E-state index in [2.05, 4.69) is 0 Å². The molecule has 0 radical (unpaired) electrons. The number of carboxylic acid groups (broad SMARTS) is 1. The maximum Gasteiger partial charge on any atom is 0.323 e. The van der Waals surface area contributed by atoms with Crippen molar-refractivity contribution in [1.82, 2.24) is 4.90 Å². The van der Waals surface area contributed by atoms with Crippen LogP contribution in [0.25, 0.3) is 0 Å². The molecule has 0 aromatic heterocycles. The largest absolute Gasteiger partial charge is 0.480 e. The van der Waals surface area contributed by atoms with E-state index in [0.29, 0.717) is 12.2 Å². The molecule has 0 aromatic carbocycles. The number of carbonyl (C=O) groups is 1. The maximum absolute atomic E-state index is 10.6. The van der Waals surface area contributed by atoms with E-state index in [1.54, 1.807) is 17.3 Å². The molecule has 0 atom stereocenters. The molecule has 1 N–H and O–H groups in total. The summed E-state index contributed by atoms with van der Waals surface area (Å²) < 4.78 is 5.36. The van der Waals surface area contributed by atoms with Crippen LogP contribution in [0.1, 0.15) is 6.42 Å². The van der Waals surface area contributed by atoms with Gasteiger partial charge in [0, 0.05) is 29.3 Å². The Morgan fingerprint density at radius 3 is 3.12 bits per heavy atom. The van der Waals surface area contributed by atoms with Crippen molar-refractivity contribution in [2.24, 2.45) is 0 Å². The van der Waals surface area contributed by atoms with Crippen LogP contribution in [0.3, 0.4) is 0 Å². The molecule has 2 rings (SSSR count). The fourth-order valence-corrected chi connectivity index (χ4v) is 1.80. The van der Waals surface area contributed by atoms with Gasteiger partial charge in [-0.15, -0.1) is 0 Å². The van der Waals surface area contributed by atoms with E-state index in [9.17, 15) is 4.79 Å². The van der Waals surface area contributed by atoms with Gasteiger partial charge in [-0.05, 0) is 6.08 Å². The van der Waals surface area contributed by atoms with Crippen molar-refractivity contribution in [3.05, 3.63) is 48.2 Å². The summed E-state index contributed by atoms with van der Waals surface area (Å²) in [4.78, 5) is 13.0. The minimum atomic E-state index is -0.889. The summed E-state index contributed by atoms with van der Waals surface area (Å²) in [7, 11) is 0. The van der Waals surface area contributed by atoms with E-state index in [0.717, 1.165) is 10.4 Å². The highest BCUT2D eigenvalue weighted by Crippen LogP contribution is 2.23. The van der Waals surface area contributed by atoms with Gasteiger partial charge in [0.2, 0.25) is 0 Å². The van der Waals surface area contributed by atoms with Crippen LogP contribution in [-0.2, 0) is 9.53 Å². The molecular weight excluding hydrogens is 238 g/mol. The predicted octanol–water partition coefficient (Wildman–Crippen LogP) is 1.97. The van der Waals surface area contributed by atoms with Crippen LogP contribution in [0, 0.1) is 0 Å². The van der Waals surface area contributed by atoms with Gasteiger partial charge in [0.1, 0.15) is 18.6 Å². The number of thiocarbonyl (C=S) groups is 1. The van der Waals surface area contributed by atoms with Crippen LogP contribution in [-0.4, -0.2) is 27.4 Å². The van der Waals surface area contributed by atoms with Crippen molar-refractivity contribution in [2.75, 3.05) is 6.54 Å². The van der Waals surface area contributed by atoms with Crippen LogP contribution in [0.5, 0.6) is 0 Å². The molecule has 0 fully saturated rings. The van der Waals surface area contributed by atoms with Crippen molar-refractivity contribution in [1.29, 1.82) is 0 Å². The Hall–Kier alpha value is -1.88. The quantitative estimate of drug-likeness (QED) is 0.775. The zero-order chi connectivity index (χ0) is 12.3. The fourth-order valence-electron chi connectivity index (χ4n) is 1.57. The summed E-state index contributed by atoms with van der Waals surface area (Å²) in [5.74, 6) is -0.249. The Morgan fingerprint density at radius 2 is 2.41 bits per heavy atom. The Labute approximate surface area is 104 Å². The third-order valence-corrected chi connectivity index (χ3v) is 2.59. The maximum atomic E-state index is 10.6. The number of allylic oxidation sites excluding steroid dienone is 4. The van der Waals surface area contributed by atoms with Crippen molar-refractivity contribution in [2.45, 2.75) is 6.42 Å². The first-order chi connectivity index (χ1) is 8.15. The Balaban J connectivity index is 2.13. The van der Waals surface area contributed by atoms with Crippen molar-refractivity contribution in [3.8, 4) is 0 Å². The molecule has 17 heavy (non-hydrogen) atoms. The lowest BCUT2D eigenvalue weighted by atomic mass is 10.0. The average molecular weight is 249 g/mol. The summed E-state index contributed by atoms with van der Waals surface area (Å²) in [5.41, 5.74) is 0.956. The van der Waals surface area contributed by atoms with Crippen molar-refractivity contribution < 1.29 is 14.6 Å². The van der Waals surface area contributed by atoms with Gasteiger partial charge in [-0.25, -0.2) is 0 Å². The van der Waals surface area contributed by atoms with Gasteiger partial charge in [0.15, 0.2) is 0 Å². The van der Waals surface area contributed by atoms with E-state index in [1.807, 2.05) is 18.2 Å². The van der Waals surface area contributed by atoms with E-state index in [4.69, 9.17) is 22.1 Å². The molecule has 4 nitrogen and oxygen atoms in total. The van der Waals surface area contributed by atoms with Crippen LogP contribution >= 0.6 is 12.2 Å². The number of nitrogens with zero attached hydrogens (tertiary/aromatic N) is 1. The molecule has 1 aliphatic heterocycles. The lowest BCUT2D eigenvalue weighted by molar-refractivity contribution is -0.137. The number of ether oxygens (including phenoxy) is 1. The molecule has 0 saturated heterocycles. The number of hydrogen-bond acceptors (Lipinski definition) is 4. The van der Waals surface area contributed by atoms with Gasteiger partial charge in [-0.1, -0.05) is 24.4 Å². The number of rotatable bonds is 3. The molecule has 0 spiro atoms. The van der Waals surface area contributed by atoms with Gasteiger partial charge >= 0.3 is 5.97 Å². The minimum Gasteiger partial charge on any atom is -0.480 e. The first-order valence-electron chi connectivity index (χ1n) is 5.08. The SMILES string of the molecule is O=C(O)CN1C=COC(C2=CC=CC(=S)C2)=C1. The summed E-state index contributed by atoms with van der Waals surface area (Å²) >= 11 is 5.12. The molecule has 0 aromatic rings. The molecule has 0 saturated carbocycles.